The molecule has 0 radical (unpaired) electrons. The molecule has 0 saturated heterocycles. The minimum Gasteiger partial charge on any atom is -0.444 e. The van der Waals surface area contributed by atoms with Crippen LogP contribution in [0.1, 0.15) is 27.2 Å². The van der Waals surface area contributed by atoms with Crippen molar-refractivity contribution >= 4 is 6.09 Å². The van der Waals surface area contributed by atoms with Gasteiger partial charge in [0.1, 0.15) is 5.60 Å². The van der Waals surface area contributed by atoms with Gasteiger partial charge in [0.05, 0.1) is 0 Å². The zero-order chi connectivity index (χ0) is 12.2. The van der Waals surface area contributed by atoms with Gasteiger partial charge in [-0.25, -0.2) is 4.79 Å². The lowest BCUT2D eigenvalue weighted by Gasteiger charge is -2.19. The molecule has 16 heavy (non-hydrogen) atoms. The van der Waals surface area contributed by atoms with Crippen molar-refractivity contribution in [3.63, 3.8) is 0 Å². The highest BCUT2D eigenvalue weighted by Crippen LogP contribution is 2.28. The van der Waals surface area contributed by atoms with Gasteiger partial charge in [-0.15, -0.1) is 0 Å². The second-order valence-corrected chi connectivity index (χ2v) is 5.17. The first-order chi connectivity index (χ1) is 7.42. The quantitative estimate of drug-likeness (QED) is 0.601. The van der Waals surface area contributed by atoms with Gasteiger partial charge in [0.25, 0.3) is 0 Å². The summed E-state index contributed by atoms with van der Waals surface area (Å²) in [7, 11) is 0. The molecule has 5 nitrogen and oxygen atoms in total. The summed E-state index contributed by atoms with van der Waals surface area (Å²) >= 11 is 0. The summed E-state index contributed by atoms with van der Waals surface area (Å²) in [5.74, 6) is 0.404. The van der Waals surface area contributed by atoms with E-state index in [9.17, 15) is 4.79 Å². The molecule has 0 spiro atoms. The molecule has 0 aromatic heterocycles. The summed E-state index contributed by atoms with van der Waals surface area (Å²) in [6, 6.07) is 0.422. The van der Waals surface area contributed by atoms with Gasteiger partial charge in [-0.2, -0.15) is 0 Å². The van der Waals surface area contributed by atoms with Gasteiger partial charge in [0.2, 0.25) is 0 Å². The summed E-state index contributed by atoms with van der Waals surface area (Å²) < 4.78 is 5.08. The van der Waals surface area contributed by atoms with E-state index in [-0.39, 0.29) is 12.7 Å². The Morgan fingerprint density at radius 2 is 2.12 bits per heavy atom. The monoisotopic (exact) mass is 230 g/mol. The molecule has 1 amide bonds. The summed E-state index contributed by atoms with van der Waals surface area (Å²) in [5.41, 5.74) is -0.448. The molecule has 2 atom stereocenters. The van der Waals surface area contributed by atoms with Crippen LogP contribution in [0.5, 0.6) is 0 Å². The molecular formula is C11H22N2O3. The van der Waals surface area contributed by atoms with Gasteiger partial charge in [-0.05, 0) is 33.1 Å². The van der Waals surface area contributed by atoms with E-state index < -0.39 is 5.60 Å². The number of hydrogen-bond acceptors (Lipinski definition) is 4. The Balaban J connectivity index is 1.97. The number of amides is 1. The number of carbonyl (C=O) groups excluding carboxylic acids is 1. The third kappa shape index (κ3) is 5.32. The Morgan fingerprint density at radius 3 is 2.62 bits per heavy atom. The number of ether oxygens (including phenoxy) is 1. The lowest BCUT2D eigenvalue weighted by atomic mass is 10.2. The fraction of sp³-hybridized carbons (Fsp3) is 0.909. The first-order valence-electron chi connectivity index (χ1n) is 5.73. The fourth-order valence-electron chi connectivity index (χ4n) is 1.44. The highest BCUT2D eigenvalue weighted by Gasteiger charge is 2.35. The van der Waals surface area contributed by atoms with E-state index in [4.69, 9.17) is 9.84 Å². The van der Waals surface area contributed by atoms with Crippen molar-refractivity contribution < 1.29 is 14.6 Å². The largest absolute Gasteiger partial charge is 0.444 e. The molecule has 3 N–H and O–H groups in total. The first kappa shape index (κ1) is 13.3. The van der Waals surface area contributed by atoms with Crippen LogP contribution in [0.3, 0.4) is 0 Å². The predicted molar refractivity (Wildman–Crippen MR) is 61.2 cm³/mol. The number of carbonyl (C=O) groups is 1. The van der Waals surface area contributed by atoms with E-state index in [2.05, 4.69) is 10.6 Å². The minimum absolute atomic E-state index is 0.247. The highest BCUT2D eigenvalue weighted by molar-refractivity contribution is 5.67. The molecular weight excluding hydrogens is 208 g/mol. The predicted octanol–water partition coefficient (Wildman–Crippen LogP) is 0.481. The smallest absolute Gasteiger partial charge is 0.407 e. The molecule has 1 aliphatic carbocycles. The maximum Gasteiger partial charge on any atom is 0.407 e. The molecule has 0 bridgehead atoms. The SMILES string of the molecule is CC(C)(C)OC(=O)NCCNC1CC1CO. The molecule has 5 heteroatoms. The Labute approximate surface area is 96.6 Å². The van der Waals surface area contributed by atoms with E-state index in [1.165, 1.54) is 0 Å². The molecule has 0 aliphatic heterocycles. The van der Waals surface area contributed by atoms with Crippen LogP contribution < -0.4 is 10.6 Å². The van der Waals surface area contributed by atoms with Crippen LogP contribution in [0.15, 0.2) is 0 Å². The molecule has 0 aromatic rings. The van der Waals surface area contributed by atoms with Crippen LogP contribution in [-0.2, 0) is 4.74 Å². The van der Waals surface area contributed by atoms with Crippen LogP contribution in [0, 0.1) is 5.92 Å². The Morgan fingerprint density at radius 1 is 1.44 bits per heavy atom. The van der Waals surface area contributed by atoms with Crippen molar-refractivity contribution in [2.45, 2.75) is 38.8 Å². The van der Waals surface area contributed by atoms with Crippen LogP contribution in [-0.4, -0.2) is 42.5 Å². The van der Waals surface area contributed by atoms with Gasteiger partial charge in [0, 0.05) is 25.7 Å². The number of aliphatic hydroxyl groups is 1. The normalized spacial score (nSPS) is 24.0. The van der Waals surface area contributed by atoms with Gasteiger partial charge in [0.15, 0.2) is 0 Å². The van der Waals surface area contributed by atoms with Gasteiger partial charge >= 0.3 is 6.09 Å². The molecule has 1 fully saturated rings. The van der Waals surface area contributed by atoms with Crippen molar-refractivity contribution in [3.8, 4) is 0 Å². The van der Waals surface area contributed by atoms with Crippen molar-refractivity contribution in [3.05, 3.63) is 0 Å². The zero-order valence-corrected chi connectivity index (χ0v) is 10.2. The Hall–Kier alpha value is -0.810. The molecule has 1 saturated carbocycles. The van der Waals surface area contributed by atoms with E-state index >= 15 is 0 Å². The van der Waals surface area contributed by atoms with Gasteiger partial charge in [-0.3, -0.25) is 0 Å². The topological polar surface area (TPSA) is 70.6 Å². The first-order valence-corrected chi connectivity index (χ1v) is 5.73. The molecule has 0 heterocycles. The fourth-order valence-corrected chi connectivity index (χ4v) is 1.44. The maximum atomic E-state index is 11.2. The van der Waals surface area contributed by atoms with Crippen molar-refractivity contribution in [2.24, 2.45) is 5.92 Å². The third-order valence-electron chi connectivity index (χ3n) is 2.36. The lowest BCUT2D eigenvalue weighted by Crippen LogP contribution is -2.37. The summed E-state index contributed by atoms with van der Waals surface area (Å²) in [6.45, 7) is 7.00. The van der Waals surface area contributed by atoms with Gasteiger partial charge in [-0.1, -0.05) is 0 Å². The third-order valence-corrected chi connectivity index (χ3v) is 2.36. The molecule has 0 aromatic carbocycles. The Kier molecular flexibility index (Phi) is 4.56. The average molecular weight is 230 g/mol. The van der Waals surface area contributed by atoms with Crippen LogP contribution in [0.25, 0.3) is 0 Å². The number of hydrogen-bond donors (Lipinski definition) is 3. The zero-order valence-electron chi connectivity index (χ0n) is 10.2. The Bertz CT molecular complexity index is 238. The van der Waals surface area contributed by atoms with Crippen molar-refractivity contribution in [1.29, 1.82) is 0 Å². The van der Waals surface area contributed by atoms with Crippen molar-refractivity contribution in [1.82, 2.24) is 10.6 Å². The van der Waals surface area contributed by atoms with E-state index in [0.29, 0.717) is 25.0 Å². The molecule has 94 valence electrons. The number of aliphatic hydroxyl groups excluding tert-OH is 1. The average Bonchev–Trinajstić information content (AvgIpc) is 2.88. The van der Waals surface area contributed by atoms with Gasteiger partial charge < -0.3 is 20.5 Å². The highest BCUT2D eigenvalue weighted by atomic mass is 16.6. The number of rotatable bonds is 5. The molecule has 2 unspecified atom stereocenters. The maximum absolute atomic E-state index is 11.2. The molecule has 1 rings (SSSR count). The number of nitrogens with one attached hydrogen (secondary N) is 2. The second-order valence-electron chi connectivity index (χ2n) is 5.17. The second kappa shape index (κ2) is 5.50. The van der Waals surface area contributed by atoms with E-state index in [0.717, 1.165) is 6.42 Å². The van der Waals surface area contributed by atoms with E-state index in [1.807, 2.05) is 20.8 Å². The lowest BCUT2D eigenvalue weighted by molar-refractivity contribution is 0.0528. The van der Waals surface area contributed by atoms with E-state index in [1.54, 1.807) is 0 Å². The van der Waals surface area contributed by atoms with Crippen LogP contribution in [0.2, 0.25) is 0 Å². The summed E-state index contributed by atoms with van der Waals surface area (Å²) in [4.78, 5) is 11.2. The minimum atomic E-state index is -0.448. The van der Waals surface area contributed by atoms with Crippen molar-refractivity contribution in [2.75, 3.05) is 19.7 Å². The van der Waals surface area contributed by atoms with Crippen LogP contribution >= 0.6 is 0 Å². The van der Waals surface area contributed by atoms with Crippen LogP contribution in [0.4, 0.5) is 4.79 Å². The summed E-state index contributed by atoms with van der Waals surface area (Å²) in [6.07, 6.45) is 0.645. The number of alkyl carbamates (subject to hydrolysis) is 1. The molecule has 1 aliphatic rings. The summed E-state index contributed by atoms with van der Waals surface area (Å²) in [5, 5.41) is 14.7. The standard InChI is InChI=1S/C11H22N2O3/c1-11(2,3)16-10(15)13-5-4-12-9-6-8(9)7-14/h8-9,12,14H,4-7H2,1-3H3,(H,13,15).